The Morgan fingerprint density at radius 2 is 1.57 bits per heavy atom. The summed E-state index contributed by atoms with van der Waals surface area (Å²) in [6.45, 7) is 1.38. The Balaban J connectivity index is 1.76. The molecule has 0 fully saturated rings. The summed E-state index contributed by atoms with van der Waals surface area (Å²) in [6, 6.07) is 20.3. The second-order valence-corrected chi connectivity index (χ2v) is 6.52. The Morgan fingerprint density at radius 1 is 0.867 bits per heavy atom. The maximum atomic E-state index is 12.7. The number of benzene rings is 3. The fourth-order valence-corrected chi connectivity index (χ4v) is 2.89. The number of nitrogens with one attached hydrogen (secondary N) is 1. The fourth-order valence-electron chi connectivity index (χ4n) is 2.89. The molecule has 0 aliphatic carbocycles. The minimum atomic E-state index is -0.603. The molecule has 0 aliphatic heterocycles. The fraction of sp³-hybridized carbons (Fsp3) is 0.125. The van der Waals surface area contributed by atoms with Gasteiger partial charge in [0.2, 0.25) is 0 Å². The van der Waals surface area contributed by atoms with Gasteiger partial charge in [-0.15, -0.1) is 0 Å². The quantitative estimate of drug-likeness (QED) is 0.464. The molecule has 0 heterocycles. The van der Waals surface area contributed by atoms with Gasteiger partial charge in [-0.3, -0.25) is 9.59 Å². The van der Waals surface area contributed by atoms with E-state index < -0.39 is 5.97 Å². The molecule has 0 saturated carbocycles. The van der Waals surface area contributed by atoms with E-state index in [9.17, 15) is 14.4 Å². The van der Waals surface area contributed by atoms with Crippen molar-refractivity contribution in [2.24, 2.45) is 0 Å². The molecule has 0 saturated heterocycles. The van der Waals surface area contributed by atoms with E-state index in [0.29, 0.717) is 28.1 Å². The number of ketones is 1. The molecule has 30 heavy (non-hydrogen) atoms. The molecule has 0 spiro atoms. The van der Waals surface area contributed by atoms with Crippen molar-refractivity contribution in [2.75, 3.05) is 12.4 Å². The lowest BCUT2D eigenvalue weighted by molar-refractivity contribution is 0.0471. The van der Waals surface area contributed by atoms with Gasteiger partial charge in [0, 0.05) is 16.7 Å². The first-order valence-electron chi connectivity index (χ1n) is 9.30. The van der Waals surface area contributed by atoms with E-state index in [1.165, 1.54) is 14.0 Å². The molecule has 0 atom stereocenters. The molecular weight excluding hydrogens is 382 g/mol. The number of hydrogen-bond donors (Lipinski definition) is 1. The van der Waals surface area contributed by atoms with Gasteiger partial charge in [0.15, 0.2) is 5.78 Å². The lowest BCUT2D eigenvalue weighted by Crippen LogP contribution is -2.16. The third-order valence-corrected chi connectivity index (χ3v) is 4.48. The van der Waals surface area contributed by atoms with Crippen molar-refractivity contribution >= 4 is 23.3 Å². The van der Waals surface area contributed by atoms with Crippen LogP contribution in [0.1, 0.15) is 43.6 Å². The smallest absolute Gasteiger partial charge is 0.340 e. The minimum Gasteiger partial charge on any atom is -0.496 e. The van der Waals surface area contributed by atoms with Crippen molar-refractivity contribution in [1.29, 1.82) is 0 Å². The highest BCUT2D eigenvalue weighted by molar-refractivity contribution is 6.08. The highest BCUT2D eigenvalue weighted by Crippen LogP contribution is 2.23. The molecule has 0 radical (unpaired) electrons. The first-order valence-corrected chi connectivity index (χ1v) is 9.30. The van der Waals surface area contributed by atoms with Crippen LogP contribution in [0.4, 0.5) is 5.69 Å². The maximum absolute atomic E-state index is 12.7. The molecule has 6 nitrogen and oxygen atoms in total. The first kappa shape index (κ1) is 20.8. The minimum absolute atomic E-state index is 0.0793. The normalized spacial score (nSPS) is 10.2. The Hall–Kier alpha value is -3.93. The number of para-hydroxylation sites is 1. The zero-order valence-electron chi connectivity index (χ0n) is 16.7. The molecule has 0 aromatic heterocycles. The van der Waals surface area contributed by atoms with Gasteiger partial charge in [-0.05, 0) is 49.4 Å². The van der Waals surface area contributed by atoms with Crippen molar-refractivity contribution < 1.29 is 23.9 Å². The standard InChI is InChI=1S/C24H21NO5/c1-16(26)18-12-13-22(29-2)19(14-18)15-30-24(28)20-10-6-7-11-21(20)25-23(27)17-8-4-3-5-9-17/h3-14H,15H2,1-2H3,(H,25,27). The lowest BCUT2D eigenvalue weighted by Gasteiger charge is -2.13. The highest BCUT2D eigenvalue weighted by atomic mass is 16.5. The summed E-state index contributed by atoms with van der Waals surface area (Å²) < 4.78 is 10.7. The topological polar surface area (TPSA) is 81.7 Å². The predicted octanol–water partition coefficient (Wildman–Crippen LogP) is 4.51. The summed E-state index contributed by atoms with van der Waals surface area (Å²) in [4.78, 5) is 36.8. The largest absolute Gasteiger partial charge is 0.496 e. The highest BCUT2D eigenvalue weighted by Gasteiger charge is 2.16. The van der Waals surface area contributed by atoms with Gasteiger partial charge in [0.1, 0.15) is 12.4 Å². The number of carbonyl (C=O) groups excluding carboxylic acids is 3. The molecule has 3 aromatic rings. The molecule has 0 aliphatic rings. The van der Waals surface area contributed by atoms with Crippen LogP contribution in [0.15, 0.2) is 72.8 Å². The number of esters is 1. The molecule has 0 bridgehead atoms. The van der Waals surface area contributed by atoms with Crippen LogP contribution in [0.25, 0.3) is 0 Å². The van der Waals surface area contributed by atoms with Crippen LogP contribution in [0.2, 0.25) is 0 Å². The van der Waals surface area contributed by atoms with Crippen LogP contribution < -0.4 is 10.1 Å². The van der Waals surface area contributed by atoms with Crippen molar-refractivity contribution in [3.63, 3.8) is 0 Å². The van der Waals surface area contributed by atoms with Gasteiger partial charge in [-0.1, -0.05) is 30.3 Å². The summed E-state index contributed by atoms with van der Waals surface area (Å²) in [7, 11) is 1.50. The van der Waals surface area contributed by atoms with Crippen LogP contribution >= 0.6 is 0 Å². The number of rotatable bonds is 7. The first-order chi connectivity index (χ1) is 14.5. The molecule has 0 unspecified atom stereocenters. The number of ether oxygens (including phenoxy) is 2. The zero-order chi connectivity index (χ0) is 21.5. The summed E-state index contributed by atoms with van der Waals surface area (Å²) >= 11 is 0. The molecule has 152 valence electrons. The Bertz CT molecular complexity index is 1080. The van der Waals surface area contributed by atoms with Crippen LogP contribution in [-0.4, -0.2) is 24.8 Å². The van der Waals surface area contributed by atoms with Gasteiger partial charge in [-0.25, -0.2) is 4.79 Å². The van der Waals surface area contributed by atoms with Gasteiger partial charge in [0.05, 0.1) is 18.4 Å². The summed E-state index contributed by atoms with van der Waals surface area (Å²) in [5.41, 5.74) is 2.12. The summed E-state index contributed by atoms with van der Waals surface area (Å²) in [5.74, 6) is -0.515. The Labute approximate surface area is 174 Å². The van der Waals surface area contributed by atoms with Crippen molar-refractivity contribution in [2.45, 2.75) is 13.5 Å². The van der Waals surface area contributed by atoms with E-state index in [4.69, 9.17) is 9.47 Å². The molecule has 3 aromatic carbocycles. The van der Waals surface area contributed by atoms with E-state index in [-0.39, 0.29) is 23.9 Å². The number of amides is 1. The molecule has 6 heteroatoms. The zero-order valence-corrected chi connectivity index (χ0v) is 16.7. The monoisotopic (exact) mass is 403 g/mol. The molecule has 1 amide bonds. The third-order valence-electron chi connectivity index (χ3n) is 4.48. The predicted molar refractivity (Wildman–Crippen MR) is 113 cm³/mol. The van der Waals surface area contributed by atoms with Crippen molar-refractivity contribution in [3.8, 4) is 5.75 Å². The third kappa shape index (κ3) is 4.91. The number of hydrogen-bond acceptors (Lipinski definition) is 5. The van der Waals surface area contributed by atoms with E-state index in [0.717, 1.165) is 0 Å². The van der Waals surface area contributed by atoms with Crippen LogP contribution in [0.5, 0.6) is 5.75 Å². The average Bonchev–Trinajstić information content (AvgIpc) is 2.78. The van der Waals surface area contributed by atoms with Gasteiger partial charge in [0.25, 0.3) is 5.91 Å². The van der Waals surface area contributed by atoms with Gasteiger partial charge in [-0.2, -0.15) is 0 Å². The van der Waals surface area contributed by atoms with E-state index in [1.54, 1.807) is 66.7 Å². The van der Waals surface area contributed by atoms with Gasteiger partial charge >= 0.3 is 5.97 Å². The molecular formula is C24H21NO5. The van der Waals surface area contributed by atoms with Crippen LogP contribution in [0, 0.1) is 0 Å². The van der Waals surface area contributed by atoms with E-state index >= 15 is 0 Å². The number of Topliss-reactive ketones (excluding diaryl/α,β-unsaturated/α-hetero) is 1. The summed E-state index contributed by atoms with van der Waals surface area (Å²) in [6.07, 6.45) is 0. The van der Waals surface area contributed by atoms with Crippen molar-refractivity contribution in [3.05, 3.63) is 95.1 Å². The lowest BCUT2D eigenvalue weighted by atomic mass is 10.1. The Morgan fingerprint density at radius 3 is 2.27 bits per heavy atom. The number of methoxy groups -OCH3 is 1. The SMILES string of the molecule is COc1ccc(C(C)=O)cc1COC(=O)c1ccccc1NC(=O)c1ccccc1. The summed E-state index contributed by atoms with van der Waals surface area (Å²) in [5, 5.41) is 2.74. The second-order valence-electron chi connectivity index (χ2n) is 6.52. The van der Waals surface area contributed by atoms with Crippen molar-refractivity contribution in [1.82, 2.24) is 0 Å². The van der Waals surface area contributed by atoms with E-state index in [1.807, 2.05) is 6.07 Å². The average molecular weight is 403 g/mol. The number of carbonyl (C=O) groups is 3. The van der Waals surface area contributed by atoms with Gasteiger partial charge < -0.3 is 14.8 Å². The van der Waals surface area contributed by atoms with Crippen LogP contribution in [0.3, 0.4) is 0 Å². The Kier molecular flexibility index (Phi) is 6.60. The number of anilines is 1. The molecule has 3 rings (SSSR count). The van der Waals surface area contributed by atoms with E-state index in [2.05, 4.69) is 5.32 Å². The second kappa shape index (κ2) is 9.52. The van der Waals surface area contributed by atoms with Crippen LogP contribution in [-0.2, 0) is 11.3 Å². The molecule has 1 N–H and O–H groups in total. The maximum Gasteiger partial charge on any atom is 0.340 e.